The molecule has 2 aromatic carbocycles. The Hall–Kier alpha value is -2.00. The molecule has 0 aliphatic heterocycles. The van der Waals surface area contributed by atoms with Crippen LogP contribution in [0.2, 0.25) is 5.02 Å². The minimum absolute atomic E-state index is 0.339. The van der Waals surface area contributed by atoms with Crippen molar-refractivity contribution in [2.75, 3.05) is 5.32 Å². The molecule has 0 saturated heterocycles. The van der Waals surface area contributed by atoms with Gasteiger partial charge in [-0.25, -0.2) is 4.39 Å². The van der Waals surface area contributed by atoms with Gasteiger partial charge in [-0.05, 0) is 29.8 Å². The van der Waals surface area contributed by atoms with E-state index < -0.39 is 0 Å². The van der Waals surface area contributed by atoms with Crippen LogP contribution in [0.25, 0.3) is 10.9 Å². The molecule has 0 amide bonds. The molecule has 1 aromatic heterocycles. The van der Waals surface area contributed by atoms with Gasteiger partial charge in [0.2, 0.25) is 0 Å². The maximum Gasteiger partial charge on any atom is 0.147 e. The van der Waals surface area contributed by atoms with E-state index in [4.69, 9.17) is 11.6 Å². The van der Waals surface area contributed by atoms with E-state index in [0.717, 1.165) is 16.5 Å². The number of halogens is 2. The number of para-hydroxylation sites is 1. The van der Waals surface area contributed by atoms with Gasteiger partial charge in [0.05, 0.1) is 10.7 Å². The molecule has 0 bridgehead atoms. The molecule has 0 aliphatic rings. The Bertz CT molecular complexity index is 701. The first-order chi connectivity index (χ1) is 9.25. The first-order valence-corrected chi connectivity index (χ1v) is 6.36. The van der Waals surface area contributed by atoms with Crippen LogP contribution in [-0.4, -0.2) is 4.98 Å². The number of aromatic amines is 1. The highest BCUT2D eigenvalue weighted by Gasteiger charge is 2.07. The SMILES string of the molecule is Fc1cccc(Cl)c1NCc1cccc2[nH]ccc12. The number of benzene rings is 2. The third-order valence-electron chi connectivity index (χ3n) is 3.10. The second-order valence-corrected chi connectivity index (χ2v) is 4.71. The number of hydrogen-bond donors (Lipinski definition) is 2. The molecule has 3 aromatic rings. The second-order valence-electron chi connectivity index (χ2n) is 4.31. The molecule has 3 rings (SSSR count). The van der Waals surface area contributed by atoms with Crippen LogP contribution in [0.5, 0.6) is 0 Å². The summed E-state index contributed by atoms with van der Waals surface area (Å²) in [4.78, 5) is 3.15. The summed E-state index contributed by atoms with van der Waals surface area (Å²) in [6, 6.07) is 12.7. The topological polar surface area (TPSA) is 27.8 Å². The number of nitrogens with one attached hydrogen (secondary N) is 2. The fourth-order valence-corrected chi connectivity index (χ4v) is 2.38. The van der Waals surface area contributed by atoms with Crippen molar-refractivity contribution >= 4 is 28.2 Å². The molecule has 0 spiro atoms. The average Bonchev–Trinajstić information content (AvgIpc) is 2.87. The number of fused-ring (bicyclic) bond motifs is 1. The summed E-state index contributed by atoms with van der Waals surface area (Å²) in [5.74, 6) is -0.339. The highest BCUT2D eigenvalue weighted by Crippen LogP contribution is 2.26. The molecule has 2 nitrogen and oxygen atoms in total. The maximum absolute atomic E-state index is 13.7. The van der Waals surface area contributed by atoms with Gasteiger partial charge in [0.15, 0.2) is 0 Å². The lowest BCUT2D eigenvalue weighted by molar-refractivity contribution is 0.630. The van der Waals surface area contributed by atoms with E-state index in [0.29, 0.717) is 17.3 Å². The van der Waals surface area contributed by atoms with Crippen molar-refractivity contribution in [2.45, 2.75) is 6.54 Å². The second kappa shape index (κ2) is 4.94. The highest BCUT2D eigenvalue weighted by atomic mass is 35.5. The Morgan fingerprint density at radius 3 is 2.79 bits per heavy atom. The van der Waals surface area contributed by atoms with Gasteiger partial charge in [-0.2, -0.15) is 0 Å². The Morgan fingerprint density at radius 1 is 1.11 bits per heavy atom. The molecule has 0 radical (unpaired) electrons. The summed E-state index contributed by atoms with van der Waals surface area (Å²) in [7, 11) is 0. The van der Waals surface area contributed by atoms with Crippen LogP contribution < -0.4 is 5.32 Å². The zero-order chi connectivity index (χ0) is 13.2. The molecule has 19 heavy (non-hydrogen) atoms. The standard InChI is InChI=1S/C15H12ClFN2/c16-12-4-2-5-13(17)15(12)19-9-10-3-1-6-14-11(10)7-8-18-14/h1-8,18-19H,9H2. The molecular weight excluding hydrogens is 263 g/mol. The number of aromatic nitrogens is 1. The Kier molecular flexibility index (Phi) is 3.13. The lowest BCUT2D eigenvalue weighted by Gasteiger charge is -2.10. The number of H-pyrrole nitrogens is 1. The van der Waals surface area contributed by atoms with Crippen molar-refractivity contribution in [3.8, 4) is 0 Å². The van der Waals surface area contributed by atoms with Crippen molar-refractivity contribution in [1.29, 1.82) is 0 Å². The Balaban J connectivity index is 1.88. The van der Waals surface area contributed by atoms with E-state index in [-0.39, 0.29) is 5.82 Å². The molecule has 2 N–H and O–H groups in total. The summed E-state index contributed by atoms with van der Waals surface area (Å²) in [6.45, 7) is 0.524. The molecule has 0 atom stereocenters. The van der Waals surface area contributed by atoms with Gasteiger partial charge < -0.3 is 10.3 Å². The first-order valence-electron chi connectivity index (χ1n) is 5.98. The third-order valence-corrected chi connectivity index (χ3v) is 3.42. The molecular formula is C15H12ClFN2. The highest BCUT2D eigenvalue weighted by molar-refractivity contribution is 6.33. The summed E-state index contributed by atoms with van der Waals surface area (Å²) in [6.07, 6.45) is 1.89. The van der Waals surface area contributed by atoms with E-state index in [1.807, 2.05) is 30.5 Å². The van der Waals surface area contributed by atoms with Gasteiger partial charge in [0, 0.05) is 23.6 Å². The zero-order valence-corrected chi connectivity index (χ0v) is 10.8. The summed E-state index contributed by atoms with van der Waals surface area (Å²) in [5, 5.41) is 4.58. The van der Waals surface area contributed by atoms with Crippen LogP contribution in [0.3, 0.4) is 0 Å². The summed E-state index contributed by atoms with van der Waals surface area (Å²) < 4.78 is 13.7. The molecule has 0 aliphatic carbocycles. The van der Waals surface area contributed by atoms with Crippen LogP contribution in [0.4, 0.5) is 10.1 Å². The minimum atomic E-state index is -0.339. The number of anilines is 1. The lowest BCUT2D eigenvalue weighted by Crippen LogP contribution is -2.02. The molecule has 4 heteroatoms. The van der Waals surface area contributed by atoms with Crippen molar-refractivity contribution in [2.24, 2.45) is 0 Å². The van der Waals surface area contributed by atoms with Gasteiger partial charge in [0.1, 0.15) is 5.82 Å². The number of hydrogen-bond acceptors (Lipinski definition) is 1. The van der Waals surface area contributed by atoms with Crippen molar-refractivity contribution in [1.82, 2.24) is 4.98 Å². The normalized spacial score (nSPS) is 10.8. The van der Waals surface area contributed by atoms with Crippen LogP contribution in [0.15, 0.2) is 48.7 Å². The smallest absolute Gasteiger partial charge is 0.147 e. The summed E-state index contributed by atoms with van der Waals surface area (Å²) >= 11 is 5.98. The van der Waals surface area contributed by atoms with Gasteiger partial charge in [-0.15, -0.1) is 0 Å². The van der Waals surface area contributed by atoms with E-state index in [2.05, 4.69) is 10.3 Å². The van der Waals surface area contributed by atoms with Crippen molar-refractivity contribution in [3.05, 3.63) is 65.1 Å². The van der Waals surface area contributed by atoms with Crippen molar-refractivity contribution < 1.29 is 4.39 Å². The summed E-state index contributed by atoms with van der Waals surface area (Å²) in [5.41, 5.74) is 2.51. The quantitative estimate of drug-likeness (QED) is 0.719. The Morgan fingerprint density at radius 2 is 1.95 bits per heavy atom. The fraction of sp³-hybridized carbons (Fsp3) is 0.0667. The van der Waals surface area contributed by atoms with Gasteiger partial charge in [-0.1, -0.05) is 29.8 Å². The van der Waals surface area contributed by atoms with Gasteiger partial charge >= 0.3 is 0 Å². The molecule has 0 fully saturated rings. The van der Waals surface area contributed by atoms with Crippen LogP contribution in [-0.2, 0) is 6.54 Å². The third kappa shape index (κ3) is 2.29. The first kappa shape index (κ1) is 12.1. The number of rotatable bonds is 3. The minimum Gasteiger partial charge on any atom is -0.377 e. The molecule has 0 unspecified atom stereocenters. The predicted octanol–water partition coefficient (Wildman–Crippen LogP) is 4.57. The Labute approximate surface area is 115 Å². The van der Waals surface area contributed by atoms with Crippen LogP contribution in [0.1, 0.15) is 5.56 Å². The molecule has 0 saturated carbocycles. The van der Waals surface area contributed by atoms with E-state index >= 15 is 0 Å². The lowest BCUT2D eigenvalue weighted by atomic mass is 10.1. The largest absolute Gasteiger partial charge is 0.377 e. The monoisotopic (exact) mass is 274 g/mol. The van der Waals surface area contributed by atoms with E-state index in [1.165, 1.54) is 6.07 Å². The van der Waals surface area contributed by atoms with Crippen LogP contribution >= 0.6 is 11.6 Å². The predicted molar refractivity (Wildman–Crippen MR) is 77.0 cm³/mol. The average molecular weight is 275 g/mol. The van der Waals surface area contributed by atoms with Gasteiger partial charge in [-0.3, -0.25) is 0 Å². The van der Waals surface area contributed by atoms with Crippen molar-refractivity contribution in [3.63, 3.8) is 0 Å². The maximum atomic E-state index is 13.7. The fourth-order valence-electron chi connectivity index (χ4n) is 2.15. The van der Waals surface area contributed by atoms with E-state index in [9.17, 15) is 4.39 Å². The van der Waals surface area contributed by atoms with Gasteiger partial charge in [0.25, 0.3) is 0 Å². The molecule has 96 valence electrons. The van der Waals surface area contributed by atoms with Crippen LogP contribution in [0, 0.1) is 5.82 Å². The van der Waals surface area contributed by atoms with E-state index in [1.54, 1.807) is 12.1 Å². The zero-order valence-electron chi connectivity index (χ0n) is 10.1. The molecule has 1 heterocycles.